The fraction of sp³-hybridized carbons (Fsp3) is 0.263. The molecule has 0 fully saturated rings. The van der Waals surface area contributed by atoms with E-state index in [1.54, 1.807) is 24.3 Å². The summed E-state index contributed by atoms with van der Waals surface area (Å²) >= 11 is 0. The number of anilines is 1. The Morgan fingerprint density at radius 3 is 2.39 bits per heavy atom. The fourth-order valence-electron chi connectivity index (χ4n) is 2.11. The number of rotatable bonds is 8. The van der Waals surface area contributed by atoms with Crippen LogP contribution in [0.15, 0.2) is 53.4 Å². The van der Waals surface area contributed by atoms with Crippen molar-refractivity contribution in [1.82, 2.24) is 0 Å². The number of ether oxygens (including phenoxy) is 2. The molecule has 2 aromatic carbocycles. The van der Waals surface area contributed by atoms with E-state index >= 15 is 0 Å². The molecule has 28 heavy (non-hydrogen) atoms. The van der Waals surface area contributed by atoms with Gasteiger partial charge in [-0.2, -0.15) is 0 Å². The first-order chi connectivity index (χ1) is 13.1. The average Bonchev–Trinajstić information content (AvgIpc) is 2.64. The third-order valence-electron chi connectivity index (χ3n) is 3.45. The summed E-state index contributed by atoms with van der Waals surface area (Å²) in [4.78, 5) is 23.8. The van der Waals surface area contributed by atoms with Gasteiger partial charge in [0.25, 0.3) is 5.91 Å². The second-order valence-electron chi connectivity index (χ2n) is 6.43. The van der Waals surface area contributed by atoms with Crippen LogP contribution < -0.4 is 15.2 Å². The SMILES string of the molecule is CC(C)COc1ccc(C(=O)OCC(=O)Nc2cccc(S(N)(=O)=O)c2)cc1. The predicted molar refractivity (Wildman–Crippen MR) is 104 cm³/mol. The average molecular weight is 406 g/mol. The van der Waals surface area contributed by atoms with E-state index in [4.69, 9.17) is 14.6 Å². The molecule has 0 aromatic heterocycles. The Hall–Kier alpha value is -2.91. The van der Waals surface area contributed by atoms with E-state index in [1.165, 1.54) is 24.3 Å². The van der Waals surface area contributed by atoms with Crippen molar-refractivity contribution >= 4 is 27.6 Å². The van der Waals surface area contributed by atoms with Crippen LogP contribution in [-0.4, -0.2) is 33.5 Å². The van der Waals surface area contributed by atoms with Gasteiger partial charge in [-0.25, -0.2) is 18.4 Å². The molecule has 1 amide bonds. The maximum Gasteiger partial charge on any atom is 0.338 e. The summed E-state index contributed by atoms with van der Waals surface area (Å²) in [5, 5.41) is 7.49. The van der Waals surface area contributed by atoms with Crippen LogP contribution in [-0.2, 0) is 19.6 Å². The molecule has 0 spiro atoms. The maximum atomic E-state index is 12.0. The van der Waals surface area contributed by atoms with E-state index in [2.05, 4.69) is 5.32 Å². The van der Waals surface area contributed by atoms with Gasteiger partial charge in [-0.3, -0.25) is 4.79 Å². The molecular formula is C19H22N2O6S. The van der Waals surface area contributed by atoms with Crippen LogP contribution in [0.5, 0.6) is 5.75 Å². The quantitative estimate of drug-likeness (QED) is 0.647. The van der Waals surface area contributed by atoms with Crippen LogP contribution >= 0.6 is 0 Å². The number of carbonyl (C=O) groups excluding carboxylic acids is 2. The topological polar surface area (TPSA) is 125 Å². The van der Waals surface area contributed by atoms with Gasteiger partial charge in [0.2, 0.25) is 10.0 Å². The van der Waals surface area contributed by atoms with Crippen molar-refractivity contribution in [2.45, 2.75) is 18.7 Å². The highest BCUT2D eigenvalue weighted by molar-refractivity contribution is 7.89. The summed E-state index contributed by atoms with van der Waals surface area (Å²) in [5.41, 5.74) is 0.500. The molecule has 0 aliphatic heterocycles. The van der Waals surface area contributed by atoms with Gasteiger partial charge in [0, 0.05) is 5.69 Å². The van der Waals surface area contributed by atoms with Gasteiger partial charge in [0.05, 0.1) is 17.1 Å². The number of hydrogen-bond donors (Lipinski definition) is 2. The first kappa shape index (κ1) is 21.4. The lowest BCUT2D eigenvalue weighted by Crippen LogP contribution is -2.21. The highest BCUT2D eigenvalue weighted by Gasteiger charge is 2.12. The Bertz CT molecular complexity index is 939. The van der Waals surface area contributed by atoms with Crippen LogP contribution in [0, 0.1) is 5.92 Å². The lowest BCUT2D eigenvalue weighted by molar-refractivity contribution is -0.119. The Labute approximate surface area is 163 Å². The zero-order chi connectivity index (χ0) is 20.7. The van der Waals surface area contributed by atoms with Crippen LogP contribution in [0.25, 0.3) is 0 Å². The molecule has 0 aliphatic rings. The van der Waals surface area contributed by atoms with Gasteiger partial charge < -0.3 is 14.8 Å². The van der Waals surface area contributed by atoms with Crippen molar-refractivity contribution in [3.63, 3.8) is 0 Å². The van der Waals surface area contributed by atoms with Crippen molar-refractivity contribution < 1.29 is 27.5 Å². The third kappa shape index (κ3) is 6.67. The number of primary sulfonamides is 1. The van der Waals surface area contributed by atoms with Crippen molar-refractivity contribution in [2.24, 2.45) is 11.1 Å². The van der Waals surface area contributed by atoms with E-state index in [0.29, 0.717) is 18.3 Å². The van der Waals surface area contributed by atoms with Crippen LogP contribution in [0.4, 0.5) is 5.69 Å². The van der Waals surface area contributed by atoms with Crippen LogP contribution in [0.3, 0.4) is 0 Å². The molecule has 2 rings (SSSR count). The number of nitrogens with one attached hydrogen (secondary N) is 1. The van der Waals surface area contributed by atoms with Crippen LogP contribution in [0.2, 0.25) is 0 Å². The molecule has 0 unspecified atom stereocenters. The summed E-state index contributed by atoms with van der Waals surface area (Å²) in [6.45, 7) is 4.10. The fourth-order valence-corrected chi connectivity index (χ4v) is 2.67. The molecule has 8 nitrogen and oxygen atoms in total. The highest BCUT2D eigenvalue weighted by atomic mass is 32.2. The number of sulfonamides is 1. The Morgan fingerprint density at radius 2 is 1.79 bits per heavy atom. The molecule has 0 bridgehead atoms. The molecular weight excluding hydrogens is 384 g/mol. The van der Waals surface area contributed by atoms with Gasteiger partial charge in [-0.1, -0.05) is 19.9 Å². The molecule has 3 N–H and O–H groups in total. The smallest absolute Gasteiger partial charge is 0.338 e. The molecule has 0 atom stereocenters. The Morgan fingerprint density at radius 1 is 1.11 bits per heavy atom. The van der Waals surface area contributed by atoms with Gasteiger partial charge >= 0.3 is 5.97 Å². The number of benzene rings is 2. The number of hydrogen-bond acceptors (Lipinski definition) is 6. The van der Waals surface area contributed by atoms with Crippen LogP contribution in [0.1, 0.15) is 24.2 Å². The van der Waals surface area contributed by atoms with Gasteiger partial charge in [-0.05, 0) is 48.4 Å². The zero-order valence-corrected chi connectivity index (χ0v) is 16.4. The highest BCUT2D eigenvalue weighted by Crippen LogP contribution is 2.15. The third-order valence-corrected chi connectivity index (χ3v) is 4.37. The standard InChI is InChI=1S/C19H22N2O6S/c1-13(2)11-26-16-8-6-14(7-9-16)19(23)27-12-18(22)21-15-4-3-5-17(10-15)28(20,24)25/h3-10,13H,11-12H2,1-2H3,(H,21,22)(H2,20,24,25). The molecule has 0 radical (unpaired) electrons. The van der Waals surface area contributed by atoms with E-state index in [1.807, 2.05) is 13.8 Å². The van der Waals surface area contributed by atoms with Crippen molar-refractivity contribution in [3.05, 3.63) is 54.1 Å². The largest absolute Gasteiger partial charge is 0.493 e. The Kier molecular flexibility index (Phi) is 7.13. The van der Waals surface area contributed by atoms with E-state index in [0.717, 1.165) is 0 Å². The minimum absolute atomic E-state index is 0.137. The van der Waals surface area contributed by atoms with Gasteiger partial charge in [0.15, 0.2) is 6.61 Å². The first-order valence-corrected chi connectivity index (χ1v) is 10.0. The molecule has 0 saturated carbocycles. The first-order valence-electron chi connectivity index (χ1n) is 8.48. The Balaban J connectivity index is 1.88. The summed E-state index contributed by atoms with van der Waals surface area (Å²) in [7, 11) is -3.88. The van der Waals surface area contributed by atoms with E-state index in [9.17, 15) is 18.0 Å². The van der Waals surface area contributed by atoms with E-state index < -0.39 is 28.5 Å². The zero-order valence-electron chi connectivity index (χ0n) is 15.5. The minimum Gasteiger partial charge on any atom is -0.493 e. The molecule has 0 saturated heterocycles. The number of amides is 1. The number of carbonyl (C=O) groups is 2. The lowest BCUT2D eigenvalue weighted by atomic mass is 10.2. The second-order valence-corrected chi connectivity index (χ2v) is 7.99. The molecule has 9 heteroatoms. The summed E-state index contributed by atoms with van der Waals surface area (Å²) in [6, 6.07) is 11.8. The van der Waals surface area contributed by atoms with Gasteiger partial charge in [-0.15, -0.1) is 0 Å². The van der Waals surface area contributed by atoms with Crippen molar-refractivity contribution in [3.8, 4) is 5.75 Å². The maximum absolute atomic E-state index is 12.0. The minimum atomic E-state index is -3.88. The van der Waals surface area contributed by atoms with E-state index in [-0.39, 0.29) is 16.1 Å². The molecule has 150 valence electrons. The van der Waals surface area contributed by atoms with Crippen molar-refractivity contribution in [2.75, 3.05) is 18.5 Å². The normalized spacial score (nSPS) is 11.1. The van der Waals surface area contributed by atoms with Crippen molar-refractivity contribution in [1.29, 1.82) is 0 Å². The molecule has 0 heterocycles. The lowest BCUT2D eigenvalue weighted by Gasteiger charge is -2.10. The monoisotopic (exact) mass is 406 g/mol. The van der Waals surface area contributed by atoms with Gasteiger partial charge in [0.1, 0.15) is 5.75 Å². The molecule has 2 aromatic rings. The summed E-state index contributed by atoms with van der Waals surface area (Å²) in [5.74, 6) is -0.257. The second kappa shape index (κ2) is 9.34. The summed E-state index contributed by atoms with van der Waals surface area (Å²) < 4.78 is 33.2. The molecule has 0 aliphatic carbocycles. The number of nitrogens with two attached hydrogens (primary N) is 1. The predicted octanol–water partition coefficient (Wildman–Crippen LogP) is 2.16. The summed E-state index contributed by atoms with van der Waals surface area (Å²) in [6.07, 6.45) is 0. The number of esters is 1.